The van der Waals surface area contributed by atoms with Gasteiger partial charge in [0.25, 0.3) is 0 Å². The van der Waals surface area contributed by atoms with E-state index in [0.717, 1.165) is 24.9 Å². The first-order valence-electron chi connectivity index (χ1n) is 8.06. The zero-order chi connectivity index (χ0) is 14.5. The first kappa shape index (κ1) is 16.9. The van der Waals surface area contributed by atoms with E-state index in [1.807, 2.05) is 0 Å². The summed E-state index contributed by atoms with van der Waals surface area (Å²) in [5.74, 6) is 1.55. The minimum atomic E-state index is 0.249. The van der Waals surface area contributed by atoms with Gasteiger partial charge in [-0.1, -0.05) is 27.2 Å². The van der Waals surface area contributed by atoms with Crippen LogP contribution in [-0.4, -0.2) is 55.6 Å². The Labute approximate surface area is 120 Å². The van der Waals surface area contributed by atoms with Crippen LogP contribution < -0.4 is 5.73 Å². The number of nitrogens with two attached hydrogens (primary N) is 1. The van der Waals surface area contributed by atoms with Gasteiger partial charge < -0.3 is 10.6 Å². The Morgan fingerprint density at radius 3 is 2.37 bits per heavy atom. The lowest BCUT2D eigenvalue weighted by atomic mass is 9.68. The molecule has 0 aromatic heterocycles. The average molecular weight is 269 g/mol. The number of likely N-dealkylation sites (N-methyl/N-ethyl adjacent to an activating group) is 1. The highest BCUT2D eigenvalue weighted by Gasteiger charge is 2.43. The van der Waals surface area contributed by atoms with Crippen LogP contribution >= 0.6 is 0 Å². The van der Waals surface area contributed by atoms with Gasteiger partial charge in [-0.15, -0.1) is 0 Å². The quantitative estimate of drug-likeness (QED) is 0.770. The number of hydrogen-bond acceptors (Lipinski definition) is 3. The van der Waals surface area contributed by atoms with Crippen LogP contribution in [-0.2, 0) is 0 Å². The Kier molecular flexibility index (Phi) is 6.78. The summed E-state index contributed by atoms with van der Waals surface area (Å²) in [7, 11) is 4.31. The summed E-state index contributed by atoms with van der Waals surface area (Å²) in [6, 6.07) is 0. The summed E-state index contributed by atoms with van der Waals surface area (Å²) in [6.07, 6.45) is 5.23. The Morgan fingerprint density at radius 2 is 1.84 bits per heavy atom. The molecule has 3 heteroatoms. The van der Waals surface area contributed by atoms with Crippen molar-refractivity contribution in [2.75, 3.05) is 40.3 Å². The molecule has 3 atom stereocenters. The van der Waals surface area contributed by atoms with Crippen LogP contribution in [0.4, 0.5) is 0 Å². The van der Waals surface area contributed by atoms with Gasteiger partial charge in [-0.3, -0.25) is 4.90 Å². The van der Waals surface area contributed by atoms with Crippen LogP contribution in [0.2, 0.25) is 0 Å². The normalized spacial score (nSPS) is 32.2. The fraction of sp³-hybridized carbons (Fsp3) is 1.00. The summed E-state index contributed by atoms with van der Waals surface area (Å²) in [5, 5.41) is 0. The average Bonchev–Trinajstić information content (AvgIpc) is 2.37. The van der Waals surface area contributed by atoms with E-state index in [9.17, 15) is 0 Å². The van der Waals surface area contributed by atoms with Gasteiger partial charge in [-0.25, -0.2) is 0 Å². The molecule has 0 heterocycles. The van der Waals surface area contributed by atoms with Crippen molar-refractivity contribution in [2.45, 2.75) is 52.0 Å². The minimum Gasteiger partial charge on any atom is -0.329 e. The van der Waals surface area contributed by atoms with Crippen molar-refractivity contribution >= 4 is 0 Å². The molecule has 1 saturated carbocycles. The fourth-order valence-corrected chi connectivity index (χ4v) is 3.84. The third-order valence-electron chi connectivity index (χ3n) is 5.11. The smallest absolute Gasteiger partial charge is 0.0359 e. The molecule has 19 heavy (non-hydrogen) atoms. The van der Waals surface area contributed by atoms with Crippen molar-refractivity contribution in [1.82, 2.24) is 9.80 Å². The van der Waals surface area contributed by atoms with Gasteiger partial charge in [-0.05, 0) is 64.8 Å². The summed E-state index contributed by atoms with van der Waals surface area (Å²) in [6.45, 7) is 11.4. The van der Waals surface area contributed by atoms with Gasteiger partial charge in [0.15, 0.2) is 0 Å². The molecular weight excluding hydrogens is 234 g/mol. The second kappa shape index (κ2) is 7.61. The van der Waals surface area contributed by atoms with Crippen molar-refractivity contribution in [3.05, 3.63) is 0 Å². The van der Waals surface area contributed by atoms with E-state index >= 15 is 0 Å². The SMILES string of the molecule is CCN(CCCN(C)C)C1(CN)CC(C)CCC1C. The lowest BCUT2D eigenvalue weighted by Crippen LogP contribution is -2.60. The molecule has 0 radical (unpaired) electrons. The van der Waals surface area contributed by atoms with Crippen LogP contribution in [0.5, 0.6) is 0 Å². The van der Waals surface area contributed by atoms with Crippen molar-refractivity contribution < 1.29 is 0 Å². The fourth-order valence-electron chi connectivity index (χ4n) is 3.84. The van der Waals surface area contributed by atoms with Crippen molar-refractivity contribution in [3.8, 4) is 0 Å². The highest BCUT2D eigenvalue weighted by molar-refractivity contribution is 4.99. The van der Waals surface area contributed by atoms with Gasteiger partial charge >= 0.3 is 0 Å². The number of nitrogens with zero attached hydrogens (tertiary/aromatic N) is 2. The van der Waals surface area contributed by atoms with E-state index in [4.69, 9.17) is 5.73 Å². The highest BCUT2D eigenvalue weighted by atomic mass is 15.2. The van der Waals surface area contributed by atoms with E-state index in [2.05, 4.69) is 44.7 Å². The largest absolute Gasteiger partial charge is 0.329 e. The molecule has 0 aliphatic heterocycles. The molecule has 0 aromatic rings. The summed E-state index contributed by atoms with van der Waals surface area (Å²) < 4.78 is 0. The lowest BCUT2D eigenvalue weighted by molar-refractivity contribution is -0.00213. The van der Waals surface area contributed by atoms with Gasteiger partial charge in [-0.2, -0.15) is 0 Å². The number of hydrogen-bond donors (Lipinski definition) is 1. The zero-order valence-corrected chi connectivity index (χ0v) is 13.8. The maximum atomic E-state index is 6.25. The Morgan fingerprint density at radius 1 is 1.16 bits per heavy atom. The summed E-state index contributed by atoms with van der Waals surface area (Å²) in [5.41, 5.74) is 6.50. The minimum absolute atomic E-state index is 0.249. The van der Waals surface area contributed by atoms with Crippen LogP contribution in [0, 0.1) is 11.8 Å². The van der Waals surface area contributed by atoms with Crippen LogP contribution in [0.1, 0.15) is 46.5 Å². The molecule has 0 spiro atoms. The number of rotatable bonds is 7. The third-order valence-corrected chi connectivity index (χ3v) is 5.11. The van der Waals surface area contributed by atoms with Gasteiger partial charge in [0.05, 0.1) is 0 Å². The van der Waals surface area contributed by atoms with Crippen molar-refractivity contribution in [2.24, 2.45) is 17.6 Å². The predicted molar refractivity (Wildman–Crippen MR) is 84.4 cm³/mol. The standard InChI is InChI=1S/C16H35N3/c1-6-19(11-7-10-18(4)5)16(13-17)12-14(2)8-9-15(16)3/h14-15H,6-13,17H2,1-5H3. The maximum absolute atomic E-state index is 6.25. The Bertz CT molecular complexity index is 254. The molecule has 0 aromatic carbocycles. The topological polar surface area (TPSA) is 32.5 Å². The van der Waals surface area contributed by atoms with Crippen LogP contribution in [0.3, 0.4) is 0 Å². The lowest BCUT2D eigenvalue weighted by Gasteiger charge is -2.51. The molecule has 0 amide bonds. The second-order valence-electron chi connectivity index (χ2n) is 6.83. The van der Waals surface area contributed by atoms with E-state index in [0.29, 0.717) is 0 Å². The Hall–Kier alpha value is -0.120. The molecule has 2 N–H and O–H groups in total. The zero-order valence-electron chi connectivity index (χ0n) is 13.8. The van der Waals surface area contributed by atoms with Crippen molar-refractivity contribution in [3.63, 3.8) is 0 Å². The highest BCUT2D eigenvalue weighted by Crippen LogP contribution is 2.40. The first-order chi connectivity index (χ1) is 8.96. The summed E-state index contributed by atoms with van der Waals surface area (Å²) >= 11 is 0. The van der Waals surface area contributed by atoms with Crippen LogP contribution in [0.15, 0.2) is 0 Å². The molecule has 3 nitrogen and oxygen atoms in total. The van der Waals surface area contributed by atoms with E-state index in [1.165, 1.54) is 38.8 Å². The molecule has 3 unspecified atom stereocenters. The van der Waals surface area contributed by atoms with Gasteiger partial charge in [0.1, 0.15) is 0 Å². The van der Waals surface area contributed by atoms with E-state index in [-0.39, 0.29) is 5.54 Å². The Balaban J connectivity index is 2.71. The van der Waals surface area contributed by atoms with Gasteiger partial charge in [0, 0.05) is 12.1 Å². The predicted octanol–water partition coefficient (Wildman–Crippen LogP) is 2.41. The molecule has 1 rings (SSSR count). The van der Waals surface area contributed by atoms with E-state index < -0.39 is 0 Å². The third kappa shape index (κ3) is 4.17. The van der Waals surface area contributed by atoms with E-state index in [1.54, 1.807) is 0 Å². The molecule has 0 bridgehead atoms. The summed E-state index contributed by atoms with van der Waals surface area (Å²) in [4.78, 5) is 4.95. The monoisotopic (exact) mass is 269 g/mol. The molecule has 1 aliphatic rings. The second-order valence-corrected chi connectivity index (χ2v) is 6.83. The van der Waals surface area contributed by atoms with Crippen molar-refractivity contribution in [1.29, 1.82) is 0 Å². The molecular formula is C16H35N3. The first-order valence-corrected chi connectivity index (χ1v) is 8.06. The van der Waals surface area contributed by atoms with Crippen LogP contribution in [0.25, 0.3) is 0 Å². The molecule has 0 saturated heterocycles. The van der Waals surface area contributed by atoms with Gasteiger partial charge in [0.2, 0.25) is 0 Å². The molecule has 1 aliphatic carbocycles. The molecule has 1 fully saturated rings. The maximum Gasteiger partial charge on any atom is 0.0359 e. The molecule has 114 valence electrons.